The predicted molar refractivity (Wildman–Crippen MR) is 221 cm³/mol. The van der Waals surface area contributed by atoms with Crippen molar-refractivity contribution in [3.05, 3.63) is 76.9 Å². The Morgan fingerprint density at radius 1 is 0.852 bits per heavy atom. The largest absolute Gasteiger partial charge is 0.492 e. The number of benzene rings is 3. The Morgan fingerprint density at radius 3 is 2.38 bits per heavy atom. The number of amides is 2. The van der Waals surface area contributed by atoms with E-state index in [0.717, 1.165) is 61.9 Å². The van der Waals surface area contributed by atoms with E-state index in [1.54, 1.807) is 19.2 Å². The lowest BCUT2D eigenvalue weighted by atomic mass is 9.52. The molecule has 1 saturated carbocycles. The highest BCUT2D eigenvalue weighted by atomic mass is 32.2. The zero-order chi connectivity index (χ0) is 42.7. The maximum absolute atomic E-state index is 16.3. The Bertz CT molecular complexity index is 2570. The van der Waals surface area contributed by atoms with Crippen molar-refractivity contribution < 1.29 is 50.7 Å². The van der Waals surface area contributed by atoms with Crippen molar-refractivity contribution in [3.8, 4) is 17.2 Å². The van der Waals surface area contributed by atoms with E-state index in [-0.39, 0.29) is 73.4 Å². The van der Waals surface area contributed by atoms with Gasteiger partial charge in [0.25, 0.3) is 0 Å². The molecule has 320 valence electrons. The van der Waals surface area contributed by atoms with Crippen LogP contribution in [0.4, 0.5) is 16.2 Å². The van der Waals surface area contributed by atoms with Crippen molar-refractivity contribution in [1.29, 1.82) is 0 Å². The van der Waals surface area contributed by atoms with Gasteiger partial charge in [-0.3, -0.25) is 34.1 Å². The summed E-state index contributed by atoms with van der Waals surface area (Å²) in [5, 5.41) is 0. The maximum Gasteiger partial charge on any atom is 0.412 e. The molecule has 3 aromatic carbocycles. The number of carbonyl (C=O) groups is 4. The second kappa shape index (κ2) is 13.8. The third-order valence-electron chi connectivity index (χ3n) is 14.8. The van der Waals surface area contributed by atoms with E-state index in [0.29, 0.717) is 29.0 Å². The van der Waals surface area contributed by atoms with E-state index in [2.05, 4.69) is 4.90 Å². The number of likely N-dealkylation sites (tertiary alicyclic amines) is 1. The molecule has 6 heterocycles. The minimum Gasteiger partial charge on any atom is -0.492 e. The summed E-state index contributed by atoms with van der Waals surface area (Å²) in [4.78, 5) is 68.6. The van der Waals surface area contributed by atoms with Gasteiger partial charge in [0.15, 0.2) is 28.7 Å². The number of hydrogen-bond donors (Lipinski definition) is 0. The van der Waals surface area contributed by atoms with Gasteiger partial charge in [-0.15, -0.1) is 0 Å². The number of piperidine rings is 2. The van der Waals surface area contributed by atoms with Crippen LogP contribution in [0.1, 0.15) is 80.0 Å². The molecule has 0 aromatic heterocycles. The first kappa shape index (κ1) is 39.6. The summed E-state index contributed by atoms with van der Waals surface area (Å²) in [7, 11) is 0.324. The van der Waals surface area contributed by atoms with Crippen LogP contribution in [0, 0.1) is 5.41 Å². The highest BCUT2D eigenvalue weighted by Crippen LogP contribution is 2.68. The predicted octanol–water partition coefficient (Wildman–Crippen LogP) is 5.31. The summed E-state index contributed by atoms with van der Waals surface area (Å²) < 4.78 is 55.2. The fourth-order valence-corrected chi connectivity index (χ4v) is 13.1. The zero-order valence-electron chi connectivity index (χ0n) is 34.7. The molecular weight excluding hydrogens is 805 g/mol. The number of nitrogens with zero attached hydrogens (tertiary/aromatic N) is 4. The molecule has 2 bridgehead atoms. The second-order valence-corrected chi connectivity index (χ2v) is 19.1. The molecule has 5 fully saturated rings. The van der Waals surface area contributed by atoms with E-state index in [1.165, 1.54) is 30.1 Å². The molecule has 2 spiro atoms. The lowest BCUT2D eigenvalue weighted by Gasteiger charge is -2.58. The van der Waals surface area contributed by atoms with Crippen molar-refractivity contribution in [2.75, 3.05) is 52.1 Å². The van der Waals surface area contributed by atoms with Gasteiger partial charge in [0.2, 0.25) is 5.91 Å². The highest BCUT2D eigenvalue weighted by Gasteiger charge is 2.72. The summed E-state index contributed by atoms with van der Waals surface area (Å²) >= 11 is 0. The van der Waals surface area contributed by atoms with Crippen molar-refractivity contribution in [1.82, 2.24) is 9.80 Å². The molecule has 15 nitrogen and oxygen atoms in total. The number of methoxy groups -OCH3 is 3. The molecule has 3 aromatic rings. The Balaban J connectivity index is 1.21. The maximum atomic E-state index is 16.3. The third-order valence-corrected chi connectivity index (χ3v) is 15.3. The number of Topliss-reactive ketones (excluding diaryl/α,β-unsaturated/α-hetero) is 1. The highest BCUT2D eigenvalue weighted by molar-refractivity contribution is 7.86. The third kappa shape index (κ3) is 5.30. The van der Waals surface area contributed by atoms with Crippen LogP contribution in [-0.2, 0) is 51.4 Å². The van der Waals surface area contributed by atoms with Gasteiger partial charge >= 0.3 is 22.2 Å². The van der Waals surface area contributed by atoms with Gasteiger partial charge in [-0.05, 0) is 85.9 Å². The first-order chi connectivity index (χ1) is 29.3. The van der Waals surface area contributed by atoms with E-state index >= 15 is 4.79 Å². The fraction of sp³-hybridized carbons (Fsp3) is 0.489. The van der Waals surface area contributed by atoms with Crippen molar-refractivity contribution >= 4 is 51.0 Å². The first-order valence-corrected chi connectivity index (χ1v) is 22.7. The summed E-state index contributed by atoms with van der Waals surface area (Å²) in [6, 6.07) is 15.9. The SMILES string of the molecule is COC(=O)C[C@@]12CCCN3CC[C@@]4(C(=Nc5c4cc([C@@]46CCN(C(=O)OCc7ccccc7)[C@]7(CCC(=O)N7c7c(OS(C)(=O)=O)cccc74)C6=O)c(OC)c5OC)CC1)[C@H]32. The summed E-state index contributed by atoms with van der Waals surface area (Å²) in [6.45, 7) is 1.58. The normalized spacial score (nSPS) is 29.4. The lowest BCUT2D eigenvalue weighted by Crippen LogP contribution is -2.75. The van der Waals surface area contributed by atoms with Crippen LogP contribution in [0.25, 0.3) is 0 Å². The van der Waals surface area contributed by atoms with Crippen LogP contribution in [0.3, 0.4) is 0 Å². The van der Waals surface area contributed by atoms with E-state index in [4.69, 9.17) is 28.1 Å². The molecule has 6 aliphatic heterocycles. The number of anilines is 1. The van der Waals surface area contributed by atoms with Crippen LogP contribution < -0.4 is 18.6 Å². The van der Waals surface area contributed by atoms with Crippen LogP contribution in [0.15, 0.2) is 59.6 Å². The van der Waals surface area contributed by atoms with E-state index < -0.39 is 44.4 Å². The Labute approximate surface area is 354 Å². The number of aliphatic imine (C=N–C) groups is 1. The number of fused-ring (bicyclic) bond motifs is 5. The quantitative estimate of drug-likeness (QED) is 0.201. The number of hydrogen-bond acceptors (Lipinski definition) is 13. The van der Waals surface area contributed by atoms with Gasteiger partial charge in [0.05, 0.1) is 50.5 Å². The van der Waals surface area contributed by atoms with Gasteiger partial charge in [-0.25, -0.2) is 4.79 Å². The standard InChI is InChI=1S/C45H48N4O11S/c1-56-34(51)25-42-16-9-21-47-22-19-44(39(42)47)29-24-30(37(57-2)38(58-3)35(29)46-32(44)14-17-42)43-20-23-48(41(53)59-26-27-10-6-5-7-11-27)45(40(43)52)18-15-33(50)49(45)36-28(43)12-8-13-31(36)60-61(4,54)55/h5-8,10-13,24,39H,9,14-23,25-26H2,1-4H3/t39-,42-,43-,44-,45+/m1/s1. The van der Waals surface area contributed by atoms with Crippen LogP contribution in [-0.4, -0.2) is 107 Å². The molecule has 0 radical (unpaired) electrons. The van der Waals surface area contributed by atoms with Gasteiger partial charge in [-0.2, -0.15) is 8.42 Å². The number of para-hydroxylation sites is 1. The molecule has 16 heteroatoms. The topological polar surface area (TPSA) is 171 Å². The Hall–Kier alpha value is -5.48. The number of carbonyl (C=O) groups excluding carboxylic acids is 4. The second-order valence-electron chi connectivity index (χ2n) is 17.5. The fourth-order valence-electron chi connectivity index (χ4n) is 12.7. The van der Waals surface area contributed by atoms with Crippen molar-refractivity contribution in [2.45, 2.75) is 86.9 Å². The van der Waals surface area contributed by atoms with Gasteiger partial charge in [0.1, 0.15) is 12.3 Å². The minimum absolute atomic E-state index is 0.00612. The van der Waals surface area contributed by atoms with E-state index in [1.807, 2.05) is 36.4 Å². The summed E-state index contributed by atoms with van der Waals surface area (Å²) in [6.07, 6.45) is 4.21. The van der Waals surface area contributed by atoms with Crippen molar-refractivity contribution in [2.24, 2.45) is 10.4 Å². The molecule has 7 aliphatic rings. The molecular formula is C45H48N4O11S. The average molecular weight is 853 g/mol. The van der Waals surface area contributed by atoms with Crippen LogP contribution >= 0.6 is 0 Å². The van der Waals surface area contributed by atoms with Crippen molar-refractivity contribution in [3.63, 3.8) is 0 Å². The Kier molecular flexibility index (Phi) is 8.94. The van der Waals surface area contributed by atoms with Gasteiger partial charge < -0.3 is 23.1 Å². The number of ether oxygens (including phenoxy) is 4. The smallest absolute Gasteiger partial charge is 0.412 e. The number of esters is 1. The molecule has 0 N–H and O–H groups in total. The Morgan fingerprint density at radius 2 is 1.64 bits per heavy atom. The molecule has 4 saturated heterocycles. The van der Waals surface area contributed by atoms with Crippen LogP contribution in [0.5, 0.6) is 17.2 Å². The summed E-state index contributed by atoms with van der Waals surface area (Å²) in [5.41, 5.74) is -0.437. The number of ketones is 1. The zero-order valence-corrected chi connectivity index (χ0v) is 35.5. The monoisotopic (exact) mass is 852 g/mol. The van der Waals surface area contributed by atoms with Gasteiger partial charge in [0, 0.05) is 36.7 Å². The molecule has 5 atom stereocenters. The van der Waals surface area contributed by atoms with Crippen LogP contribution in [0.2, 0.25) is 0 Å². The lowest BCUT2D eigenvalue weighted by molar-refractivity contribution is -0.146. The minimum atomic E-state index is -4.16. The average Bonchev–Trinajstić information content (AvgIpc) is 3.92. The molecule has 1 aliphatic carbocycles. The molecule has 61 heavy (non-hydrogen) atoms. The number of rotatable bonds is 9. The summed E-state index contributed by atoms with van der Waals surface area (Å²) in [5.74, 6) is -0.721. The first-order valence-electron chi connectivity index (χ1n) is 20.9. The molecule has 2 amide bonds. The van der Waals surface area contributed by atoms with E-state index in [9.17, 15) is 22.8 Å². The molecule has 10 rings (SSSR count). The van der Waals surface area contributed by atoms with Gasteiger partial charge in [-0.1, -0.05) is 42.5 Å². The molecule has 0 unspecified atom stereocenters.